The number of thiazole rings is 1. The van der Waals surface area contributed by atoms with Gasteiger partial charge in [-0.3, -0.25) is 9.30 Å². The molecule has 0 atom stereocenters. The lowest BCUT2D eigenvalue weighted by atomic mass is 10.2. The first-order valence-corrected chi connectivity index (χ1v) is 12.6. The van der Waals surface area contributed by atoms with Gasteiger partial charge in [0.25, 0.3) is 0 Å². The molecule has 4 rings (SSSR count). The first kappa shape index (κ1) is 23.7. The molecule has 3 aromatic rings. The van der Waals surface area contributed by atoms with Crippen LogP contribution < -0.4 is 5.32 Å². The van der Waals surface area contributed by atoms with Crippen molar-refractivity contribution in [1.29, 1.82) is 0 Å². The van der Waals surface area contributed by atoms with Crippen LogP contribution in [0.2, 0.25) is 0 Å². The number of imidazole rings is 1. The van der Waals surface area contributed by atoms with E-state index in [1.165, 1.54) is 12.1 Å². The number of halogens is 1. The van der Waals surface area contributed by atoms with Gasteiger partial charge in [0.05, 0.1) is 18.9 Å². The van der Waals surface area contributed by atoms with Gasteiger partial charge < -0.3 is 15.0 Å². The topological polar surface area (TPSA) is 62.1 Å². The second kappa shape index (κ2) is 11.6. The molecule has 0 saturated carbocycles. The predicted octanol–water partition coefficient (Wildman–Crippen LogP) is 3.89. The number of amides is 2. The molecule has 1 saturated heterocycles. The van der Waals surface area contributed by atoms with Crippen molar-refractivity contribution in [3.05, 3.63) is 47.4 Å². The van der Waals surface area contributed by atoms with E-state index in [0.717, 1.165) is 74.0 Å². The summed E-state index contributed by atoms with van der Waals surface area (Å²) >= 11 is 1.58. The number of hydrogen-bond donors (Lipinski definition) is 1. The van der Waals surface area contributed by atoms with Crippen LogP contribution in [0, 0.1) is 5.82 Å². The summed E-state index contributed by atoms with van der Waals surface area (Å²) in [5.74, 6) is -0.255. The number of ether oxygens (including phenoxy) is 1. The molecule has 1 fully saturated rings. The zero-order valence-corrected chi connectivity index (χ0v) is 20.0. The van der Waals surface area contributed by atoms with Crippen molar-refractivity contribution in [3.8, 4) is 11.3 Å². The van der Waals surface area contributed by atoms with E-state index in [0.29, 0.717) is 19.6 Å². The first-order chi connectivity index (χ1) is 16.1. The molecule has 2 aromatic heterocycles. The Morgan fingerprint density at radius 3 is 2.79 bits per heavy atom. The van der Waals surface area contributed by atoms with Crippen molar-refractivity contribution in [2.24, 2.45) is 0 Å². The van der Waals surface area contributed by atoms with Crippen LogP contribution in [0.1, 0.15) is 25.5 Å². The highest BCUT2D eigenvalue weighted by Crippen LogP contribution is 2.24. The van der Waals surface area contributed by atoms with E-state index in [-0.39, 0.29) is 11.8 Å². The number of aromatic nitrogens is 2. The summed E-state index contributed by atoms with van der Waals surface area (Å²) in [6.07, 6.45) is 4.77. The molecule has 178 valence electrons. The molecule has 0 spiro atoms. The number of hydrogen-bond acceptors (Lipinski definition) is 5. The molecule has 1 aromatic carbocycles. The van der Waals surface area contributed by atoms with Gasteiger partial charge in [-0.05, 0) is 30.7 Å². The number of carbonyl (C=O) groups is 1. The Balaban J connectivity index is 1.41. The van der Waals surface area contributed by atoms with Gasteiger partial charge in [-0.15, -0.1) is 11.3 Å². The van der Waals surface area contributed by atoms with E-state index in [1.807, 2.05) is 11.1 Å². The molecule has 1 aliphatic rings. The number of carbonyl (C=O) groups excluding carboxylic acids is 1. The number of urea groups is 1. The highest BCUT2D eigenvalue weighted by atomic mass is 32.1. The number of unbranched alkanes of at least 4 members (excludes halogenated alkanes) is 1. The molecular weight excluding hydrogens is 441 g/mol. The van der Waals surface area contributed by atoms with Gasteiger partial charge >= 0.3 is 6.03 Å². The Hall–Kier alpha value is -2.49. The van der Waals surface area contributed by atoms with Crippen LogP contribution >= 0.6 is 11.3 Å². The van der Waals surface area contributed by atoms with Crippen molar-refractivity contribution < 1.29 is 13.9 Å². The third-order valence-electron chi connectivity index (χ3n) is 5.94. The van der Waals surface area contributed by atoms with Crippen LogP contribution in [0.5, 0.6) is 0 Å². The fourth-order valence-electron chi connectivity index (χ4n) is 3.90. The van der Waals surface area contributed by atoms with Crippen molar-refractivity contribution >= 4 is 22.3 Å². The second-order valence-electron chi connectivity index (χ2n) is 8.29. The van der Waals surface area contributed by atoms with Gasteiger partial charge in [-0.1, -0.05) is 13.3 Å². The molecule has 0 bridgehead atoms. The number of nitrogens with one attached hydrogen (secondary N) is 1. The molecule has 3 heterocycles. The lowest BCUT2D eigenvalue weighted by molar-refractivity contribution is 0.0349. The van der Waals surface area contributed by atoms with Gasteiger partial charge in [0.1, 0.15) is 5.82 Å². The monoisotopic (exact) mass is 473 g/mol. The Labute approximate surface area is 198 Å². The number of benzene rings is 1. The molecular formula is C24H32FN5O2S. The minimum atomic E-state index is -0.255. The maximum absolute atomic E-state index is 13.3. The Bertz CT molecular complexity index is 1030. The van der Waals surface area contributed by atoms with Crippen LogP contribution in [0.4, 0.5) is 9.18 Å². The normalized spacial score (nSPS) is 14.6. The molecule has 1 N–H and O–H groups in total. The van der Waals surface area contributed by atoms with E-state index < -0.39 is 0 Å². The number of rotatable bonds is 10. The lowest BCUT2D eigenvalue weighted by Gasteiger charge is -2.30. The zero-order valence-electron chi connectivity index (χ0n) is 19.1. The van der Waals surface area contributed by atoms with Crippen molar-refractivity contribution in [2.75, 3.05) is 52.5 Å². The van der Waals surface area contributed by atoms with E-state index in [9.17, 15) is 9.18 Å². The minimum Gasteiger partial charge on any atom is -0.379 e. The summed E-state index contributed by atoms with van der Waals surface area (Å²) in [4.78, 5) is 22.7. The third-order valence-corrected chi connectivity index (χ3v) is 6.83. The van der Waals surface area contributed by atoms with Crippen molar-refractivity contribution in [3.63, 3.8) is 0 Å². The van der Waals surface area contributed by atoms with Gasteiger partial charge in [0.2, 0.25) is 0 Å². The van der Waals surface area contributed by atoms with Gasteiger partial charge in [-0.2, -0.15) is 0 Å². The van der Waals surface area contributed by atoms with Gasteiger partial charge in [0.15, 0.2) is 4.96 Å². The minimum absolute atomic E-state index is 0.000755. The Kier molecular flexibility index (Phi) is 8.30. The van der Waals surface area contributed by atoms with E-state index in [1.54, 1.807) is 23.5 Å². The third kappa shape index (κ3) is 6.31. The molecule has 0 radical (unpaired) electrons. The van der Waals surface area contributed by atoms with Crippen LogP contribution in [-0.2, 0) is 11.2 Å². The number of fused-ring (bicyclic) bond motifs is 1. The summed E-state index contributed by atoms with van der Waals surface area (Å²) in [5, 5.41) is 5.17. The molecule has 33 heavy (non-hydrogen) atoms. The SMILES string of the molecule is CCCCNC(=O)N(CCc1csc2nc(-c3ccc(F)cc3)cn12)CCN1CCOCC1. The summed E-state index contributed by atoms with van der Waals surface area (Å²) in [6.45, 7) is 8.34. The maximum Gasteiger partial charge on any atom is 0.317 e. The van der Waals surface area contributed by atoms with E-state index in [4.69, 9.17) is 9.72 Å². The molecule has 0 aliphatic carbocycles. The van der Waals surface area contributed by atoms with Gasteiger partial charge in [0, 0.05) is 68.5 Å². The lowest BCUT2D eigenvalue weighted by Crippen LogP contribution is -2.47. The Morgan fingerprint density at radius 1 is 1.24 bits per heavy atom. The second-order valence-corrected chi connectivity index (χ2v) is 9.13. The highest BCUT2D eigenvalue weighted by Gasteiger charge is 2.18. The smallest absolute Gasteiger partial charge is 0.317 e. The average Bonchev–Trinajstić information content (AvgIpc) is 3.42. The van der Waals surface area contributed by atoms with E-state index >= 15 is 0 Å². The molecule has 9 heteroatoms. The van der Waals surface area contributed by atoms with Crippen LogP contribution in [0.15, 0.2) is 35.8 Å². The van der Waals surface area contributed by atoms with Gasteiger partial charge in [-0.25, -0.2) is 14.2 Å². The molecule has 2 amide bonds. The fourth-order valence-corrected chi connectivity index (χ4v) is 4.81. The van der Waals surface area contributed by atoms with Crippen LogP contribution in [0.25, 0.3) is 16.2 Å². The number of nitrogens with zero attached hydrogens (tertiary/aromatic N) is 4. The Morgan fingerprint density at radius 2 is 2.03 bits per heavy atom. The number of morpholine rings is 1. The summed E-state index contributed by atoms with van der Waals surface area (Å²) in [5.41, 5.74) is 2.83. The molecule has 7 nitrogen and oxygen atoms in total. The first-order valence-electron chi connectivity index (χ1n) is 11.7. The largest absolute Gasteiger partial charge is 0.379 e. The highest BCUT2D eigenvalue weighted by molar-refractivity contribution is 7.15. The van der Waals surface area contributed by atoms with Crippen molar-refractivity contribution in [1.82, 2.24) is 24.5 Å². The van der Waals surface area contributed by atoms with Crippen molar-refractivity contribution in [2.45, 2.75) is 26.2 Å². The molecule has 0 unspecified atom stereocenters. The maximum atomic E-state index is 13.3. The average molecular weight is 474 g/mol. The summed E-state index contributed by atoms with van der Waals surface area (Å²) in [7, 11) is 0. The summed E-state index contributed by atoms with van der Waals surface area (Å²) in [6, 6.07) is 6.39. The predicted molar refractivity (Wildman–Crippen MR) is 129 cm³/mol. The standard InChI is InChI=1S/C24H32FN5O2S/c1-2-3-9-26-23(31)29(12-11-28-13-15-32-16-14-28)10-8-21-18-33-24-27-22(17-30(21)24)19-4-6-20(25)7-5-19/h4-7,17-18H,2-3,8-16H2,1H3,(H,26,31). The van der Waals surface area contributed by atoms with Crippen LogP contribution in [-0.4, -0.2) is 77.7 Å². The van der Waals surface area contributed by atoms with Crippen LogP contribution in [0.3, 0.4) is 0 Å². The summed E-state index contributed by atoms with van der Waals surface area (Å²) < 4.78 is 20.8. The van der Waals surface area contributed by atoms with E-state index in [2.05, 4.69) is 26.9 Å². The fraction of sp³-hybridized carbons (Fsp3) is 0.500. The quantitative estimate of drug-likeness (QED) is 0.454. The molecule has 1 aliphatic heterocycles. The zero-order chi connectivity index (χ0) is 23.0.